The van der Waals surface area contributed by atoms with Gasteiger partial charge in [-0.05, 0) is 31.1 Å². The topological polar surface area (TPSA) is 116 Å². The quantitative estimate of drug-likeness (QED) is 0.458. The molecule has 1 amide bonds. The van der Waals surface area contributed by atoms with Gasteiger partial charge in [0.2, 0.25) is 0 Å². The number of carbonyl (C=O) groups is 1. The maximum atomic E-state index is 12.2. The Morgan fingerprint density at radius 1 is 1.31 bits per heavy atom. The van der Waals surface area contributed by atoms with Crippen molar-refractivity contribution >= 4 is 34.4 Å². The normalized spacial score (nSPS) is 16.3. The van der Waals surface area contributed by atoms with Crippen LogP contribution in [-0.4, -0.2) is 59.0 Å². The van der Waals surface area contributed by atoms with Crippen molar-refractivity contribution in [1.82, 2.24) is 10.2 Å². The van der Waals surface area contributed by atoms with Gasteiger partial charge in [0.05, 0.1) is 24.4 Å². The van der Waals surface area contributed by atoms with Crippen molar-refractivity contribution in [3.05, 3.63) is 35.6 Å². The molecule has 0 aliphatic carbocycles. The summed E-state index contributed by atoms with van der Waals surface area (Å²) in [7, 11) is 3.20. The second-order valence-corrected chi connectivity index (χ2v) is 7.63. The number of phenolic OH excluding ortho intramolecular Hbond substituents is 1. The average Bonchev–Trinajstić information content (AvgIpc) is 3.00. The summed E-state index contributed by atoms with van der Waals surface area (Å²) in [6.07, 6.45) is 1.98. The van der Waals surface area contributed by atoms with Crippen molar-refractivity contribution in [3.8, 4) is 5.75 Å². The number of aromatic hydroxyl groups is 1. The Hall–Kier alpha value is -2.88. The molecular weight excluding hydrogens is 394 g/mol. The maximum absolute atomic E-state index is 12.2. The molecule has 1 aromatic rings. The fourth-order valence-corrected chi connectivity index (χ4v) is 3.17. The summed E-state index contributed by atoms with van der Waals surface area (Å²) < 4.78 is 25.4. The molecule has 10 heteroatoms. The lowest BCUT2D eigenvalue weighted by atomic mass is 10.1. The van der Waals surface area contributed by atoms with E-state index in [-0.39, 0.29) is 34.6 Å². The molecule has 0 bridgehead atoms. The van der Waals surface area contributed by atoms with Gasteiger partial charge in [0.25, 0.3) is 17.1 Å². The van der Waals surface area contributed by atoms with Gasteiger partial charge in [-0.3, -0.25) is 4.79 Å². The minimum Gasteiger partial charge on any atom is -0.505 e. The molecule has 2 rings (SSSR count). The van der Waals surface area contributed by atoms with Crippen LogP contribution in [0.3, 0.4) is 0 Å². The molecule has 3 N–H and O–H groups in total. The summed E-state index contributed by atoms with van der Waals surface area (Å²) in [4.78, 5) is 13.6. The van der Waals surface area contributed by atoms with Gasteiger partial charge in [0.1, 0.15) is 5.76 Å². The lowest BCUT2D eigenvalue weighted by Gasteiger charge is -2.16. The fourth-order valence-electron chi connectivity index (χ4n) is 2.53. The van der Waals surface area contributed by atoms with Crippen LogP contribution in [0.5, 0.6) is 5.75 Å². The number of ether oxygens (including phenoxy) is 1. The molecule has 1 aliphatic heterocycles. The van der Waals surface area contributed by atoms with Crippen molar-refractivity contribution < 1.29 is 18.8 Å². The van der Waals surface area contributed by atoms with Gasteiger partial charge in [0, 0.05) is 14.1 Å². The van der Waals surface area contributed by atoms with E-state index in [2.05, 4.69) is 19.4 Å². The van der Waals surface area contributed by atoms with E-state index < -0.39 is 11.2 Å². The molecule has 0 fully saturated rings. The molecule has 9 nitrogen and oxygen atoms in total. The summed E-state index contributed by atoms with van der Waals surface area (Å²) in [5.41, 5.74) is 0.400. The van der Waals surface area contributed by atoms with E-state index in [9.17, 15) is 14.1 Å². The van der Waals surface area contributed by atoms with Crippen molar-refractivity contribution in [1.29, 1.82) is 0 Å². The zero-order valence-corrected chi connectivity index (χ0v) is 18.0. The Morgan fingerprint density at radius 2 is 2.00 bits per heavy atom. The van der Waals surface area contributed by atoms with Crippen LogP contribution in [0.4, 0.5) is 5.69 Å². The third-order valence-electron chi connectivity index (χ3n) is 3.77. The molecule has 0 saturated heterocycles. The third kappa shape index (κ3) is 6.05. The highest BCUT2D eigenvalue weighted by Crippen LogP contribution is 2.28. The molecule has 158 valence electrons. The standard InChI is InChI=1S/C19H27N5O4S/c1-6-28-13(10-12(2)3)11-20-17-18(23-29(27)22-17)21-15-9-7-8-14(16(15)25)19(26)24(4)5/h7-10,12,25H,6,11H2,1-5H3,(H,20,22)(H,21,23)/b13-10-. The SMILES string of the molecule is CCO/C(=C\C(C)C)CNC1=NS(=O)N=C1Nc1cccc(C(=O)N(C)C)c1O. The predicted molar refractivity (Wildman–Crippen MR) is 115 cm³/mol. The van der Waals surface area contributed by atoms with Gasteiger partial charge >= 0.3 is 0 Å². The monoisotopic (exact) mass is 421 g/mol. The minimum absolute atomic E-state index is 0.143. The minimum atomic E-state index is -1.78. The summed E-state index contributed by atoms with van der Waals surface area (Å²) in [6.45, 7) is 6.85. The van der Waals surface area contributed by atoms with E-state index in [4.69, 9.17) is 4.74 Å². The van der Waals surface area contributed by atoms with Crippen molar-refractivity contribution in [3.63, 3.8) is 0 Å². The number of nitrogens with zero attached hydrogens (tertiary/aromatic N) is 3. The van der Waals surface area contributed by atoms with E-state index >= 15 is 0 Å². The Kier molecular flexibility index (Phi) is 7.77. The summed E-state index contributed by atoms with van der Waals surface area (Å²) in [6, 6.07) is 4.75. The zero-order chi connectivity index (χ0) is 21.6. The molecule has 0 saturated carbocycles. The van der Waals surface area contributed by atoms with Crippen LogP contribution < -0.4 is 10.6 Å². The van der Waals surface area contributed by atoms with Gasteiger partial charge in [-0.25, -0.2) is 4.21 Å². The highest BCUT2D eigenvalue weighted by Gasteiger charge is 2.22. The number of para-hydroxylation sites is 1. The molecule has 0 radical (unpaired) electrons. The van der Waals surface area contributed by atoms with E-state index in [1.54, 1.807) is 26.2 Å². The first-order valence-corrected chi connectivity index (χ1v) is 10.3. The highest BCUT2D eigenvalue weighted by molar-refractivity contribution is 7.83. The Morgan fingerprint density at radius 3 is 2.62 bits per heavy atom. The lowest BCUT2D eigenvalue weighted by molar-refractivity contribution is 0.0824. The number of hydrogen-bond acceptors (Lipinski definition) is 6. The molecule has 1 heterocycles. The first kappa shape index (κ1) is 22.4. The van der Waals surface area contributed by atoms with Crippen LogP contribution in [-0.2, 0) is 15.9 Å². The van der Waals surface area contributed by atoms with Gasteiger partial charge in [-0.15, -0.1) is 8.80 Å². The molecule has 1 atom stereocenters. The van der Waals surface area contributed by atoms with Crippen LogP contribution in [0, 0.1) is 5.92 Å². The maximum Gasteiger partial charge on any atom is 0.269 e. The number of phenols is 1. The molecule has 1 aromatic carbocycles. The number of amides is 1. The van der Waals surface area contributed by atoms with Crippen LogP contribution in [0.25, 0.3) is 0 Å². The van der Waals surface area contributed by atoms with E-state index in [1.807, 2.05) is 26.8 Å². The Balaban J connectivity index is 2.18. The smallest absolute Gasteiger partial charge is 0.269 e. The number of amidine groups is 2. The van der Waals surface area contributed by atoms with E-state index in [0.29, 0.717) is 19.1 Å². The summed E-state index contributed by atoms with van der Waals surface area (Å²) in [5.74, 6) is 0.965. The first-order valence-electron chi connectivity index (χ1n) is 9.20. The first-order chi connectivity index (χ1) is 13.7. The van der Waals surface area contributed by atoms with Crippen molar-refractivity contribution in [2.75, 3.05) is 32.6 Å². The molecular formula is C19H27N5O4S. The van der Waals surface area contributed by atoms with Crippen LogP contribution in [0.15, 0.2) is 38.8 Å². The van der Waals surface area contributed by atoms with Crippen LogP contribution in [0.2, 0.25) is 0 Å². The summed E-state index contributed by atoms with van der Waals surface area (Å²) >= 11 is -1.78. The number of anilines is 1. The van der Waals surface area contributed by atoms with Crippen molar-refractivity contribution in [2.24, 2.45) is 14.7 Å². The number of allylic oxidation sites excluding steroid dienone is 1. The Labute approximate surface area is 173 Å². The molecule has 1 aliphatic rings. The molecule has 1 unspecified atom stereocenters. The van der Waals surface area contributed by atoms with Crippen LogP contribution >= 0.6 is 0 Å². The third-order valence-corrected chi connectivity index (χ3v) is 4.45. The fraction of sp³-hybridized carbons (Fsp3) is 0.421. The number of hydrogen-bond donors (Lipinski definition) is 3. The zero-order valence-electron chi connectivity index (χ0n) is 17.2. The van der Waals surface area contributed by atoms with Gasteiger partial charge in [-0.1, -0.05) is 19.9 Å². The largest absolute Gasteiger partial charge is 0.505 e. The molecule has 0 aromatic heterocycles. The molecule has 0 spiro atoms. The number of benzene rings is 1. The Bertz CT molecular complexity index is 877. The predicted octanol–water partition coefficient (Wildman–Crippen LogP) is 2.06. The average molecular weight is 422 g/mol. The van der Waals surface area contributed by atoms with Gasteiger partial charge in [-0.2, -0.15) is 0 Å². The van der Waals surface area contributed by atoms with E-state index in [0.717, 1.165) is 5.76 Å². The highest BCUT2D eigenvalue weighted by atomic mass is 32.2. The summed E-state index contributed by atoms with van der Waals surface area (Å²) in [5, 5.41) is 16.4. The number of carbonyl (C=O) groups excluding carboxylic acids is 1. The lowest BCUT2D eigenvalue weighted by Crippen LogP contribution is -2.35. The van der Waals surface area contributed by atoms with Crippen LogP contribution in [0.1, 0.15) is 31.1 Å². The second kappa shape index (κ2) is 10.1. The van der Waals surface area contributed by atoms with Gasteiger partial charge in [0.15, 0.2) is 17.4 Å². The van der Waals surface area contributed by atoms with Crippen molar-refractivity contribution in [2.45, 2.75) is 20.8 Å². The number of rotatable bonds is 7. The second-order valence-electron chi connectivity index (χ2n) is 6.80. The van der Waals surface area contributed by atoms with E-state index in [1.165, 1.54) is 11.0 Å². The number of nitrogens with one attached hydrogen (secondary N) is 2. The van der Waals surface area contributed by atoms with Gasteiger partial charge < -0.3 is 25.4 Å². The molecule has 29 heavy (non-hydrogen) atoms.